The third kappa shape index (κ3) is 3.54. The summed E-state index contributed by atoms with van der Waals surface area (Å²) in [6, 6.07) is 4.32. The Morgan fingerprint density at radius 1 is 1.43 bits per heavy atom. The first-order valence-electron chi connectivity index (χ1n) is 5.23. The first kappa shape index (κ1) is 11.3. The van der Waals surface area contributed by atoms with E-state index in [1.807, 2.05) is 19.2 Å². The molecule has 0 saturated heterocycles. The molecule has 1 atom stereocenters. The Hall–Kier alpha value is -0.760. The Bertz CT molecular complexity index is 246. The molecule has 0 spiro atoms. The molecule has 0 aromatic carbocycles. The highest BCUT2D eigenvalue weighted by molar-refractivity contribution is 5.04. The van der Waals surface area contributed by atoms with E-state index in [9.17, 15) is 0 Å². The van der Waals surface area contributed by atoms with Crippen molar-refractivity contribution in [2.45, 2.75) is 39.7 Å². The van der Waals surface area contributed by atoms with Crippen molar-refractivity contribution >= 4 is 0 Å². The lowest BCUT2D eigenvalue weighted by Gasteiger charge is -2.21. The van der Waals surface area contributed by atoms with Crippen molar-refractivity contribution < 1.29 is 4.42 Å². The summed E-state index contributed by atoms with van der Waals surface area (Å²) in [5.41, 5.74) is 0.391. The average Bonchev–Trinajstić information content (AvgIpc) is 2.56. The lowest BCUT2D eigenvalue weighted by molar-refractivity contribution is 0.318. The predicted molar refractivity (Wildman–Crippen MR) is 59.2 cm³/mol. The van der Waals surface area contributed by atoms with Crippen molar-refractivity contribution in [2.24, 2.45) is 5.41 Å². The van der Waals surface area contributed by atoms with Crippen LogP contribution in [0.2, 0.25) is 0 Å². The molecule has 2 nitrogen and oxygen atoms in total. The number of furan rings is 1. The Morgan fingerprint density at radius 2 is 2.14 bits per heavy atom. The van der Waals surface area contributed by atoms with Gasteiger partial charge >= 0.3 is 0 Å². The van der Waals surface area contributed by atoms with Crippen molar-refractivity contribution in [2.75, 3.05) is 7.05 Å². The van der Waals surface area contributed by atoms with Crippen molar-refractivity contribution in [3.63, 3.8) is 0 Å². The van der Waals surface area contributed by atoms with Crippen molar-refractivity contribution in [1.29, 1.82) is 0 Å². The molecular formula is C12H21NO. The molecule has 1 aromatic heterocycles. The molecule has 0 aliphatic rings. The van der Waals surface area contributed by atoms with Gasteiger partial charge in [0, 0.05) is 0 Å². The topological polar surface area (TPSA) is 25.2 Å². The molecular weight excluding hydrogens is 174 g/mol. The zero-order valence-corrected chi connectivity index (χ0v) is 9.63. The van der Waals surface area contributed by atoms with Crippen LogP contribution < -0.4 is 5.32 Å². The molecule has 1 rings (SSSR count). The van der Waals surface area contributed by atoms with Crippen molar-refractivity contribution in [3.05, 3.63) is 24.2 Å². The van der Waals surface area contributed by atoms with Gasteiger partial charge in [-0.1, -0.05) is 20.8 Å². The van der Waals surface area contributed by atoms with Gasteiger partial charge in [-0.15, -0.1) is 0 Å². The molecule has 80 valence electrons. The molecule has 1 aromatic rings. The molecule has 14 heavy (non-hydrogen) atoms. The zero-order valence-electron chi connectivity index (χ0n) is 9.63. The average molecular weight is 195 g/mol. The second kappa shape index (κ2) is 4.65. The molecule has 2 heteroatoms. The first-order chi connectivity index (χ1) is 6.53. The number of hydrogen-bond acceptors (Lipinski definition) is 2. The summed E-state index contributed by atoms with van der Waals surface area (Å²) in [4.78, 5) is 0. The van der Waals surface area contributed by atoms with E-state index >= 15 is 0 Å². The van der Waals surface area contributed by atoms with Gasteiger partial charge in [0.05, 0.1) is 12.3 Å². The van der Waals surface area contributed by atoms with Gasteiger partial charge in [-0.05, 0) is 37.4 Å². The van der Waals surface area contributed by atoms with E-state index in [1.54, 1.807) is 6.26 Å². The van der Waals surface area contributed by atoms with E-state index < -0.39 is 0 Å². The quantitative estimate of drug-likeness (QED) is 0.797. The van der Waals surface area contributed by atoms with Crippen LogP contribution in [0.4, 0.5) is 0 Å². The Balaban J connectivity index is 2.49. The van der Waals surface area contributed by atoms with Crippen LogP contribution in [0.15, 0.2) is 22.8 Å². The monoisotopic (exact) mass is 195 g/mol. The minimum absolute atomic E-state index is 0.351. The molecule has 0 radical (unpaired) electrons. The summed E-state index contributed by atoms with van der Waals surface area (Å²) in [5, 5.41) is 3.28. The molecule has 0 aliphatic carbocycles. The van der Waals surface area contributed by atoms with E-state index in [1.165, 1.54) is 6.42 Å². The van der Waals surface area contributed by atoms with E-state index in [-0.39, 0.29) is 0 Å². The van der Waals surface area contributed by atoms with Crippen LogP contribution in [0.3, 0.4) is 0 Å². The fourth-order valence-corrected chi connectivity index (χ4v) is 1.50. The third-order valence-corrected chi connectivity index (χ3v) is 2.42. The standard InChI is InChI=1S/C12H21NO/c1-12(2,3)8-7-10(13-4)11-6-5-9-14-11/h5-6,9-10,13H,7-8H2,1-4H3. The lowest BCUT2D eigenvalue weighted by atomic mass is 9.88. The van der Waals surface area contributed by atoms with Gasteiger partial charge in [-0.3, -0.25) is 0 Å². The largest absolute Gasteiger partial charge is 0.468 e. The minimum atomic E-state index is 0.351. The SMILES string of the molecule is CNC(CCC(C)(C)C)c1ccco1. The summed E-state index contributed by atoms with van der Waals surface area (Å²) >= 11 is 0. The van der Waals surface area contributed by atoms with Crippen LogP contribution in [-0.4, -0.2) is 7.05 Å². The highest BCUT2D eigenvalue weighted by atomic mass is 16.3. The van der Waals surface area contributed by atoms with E-state index in [0.717, 1.165) is 12.2 Å². The van der Waals surface area contributed by atoms with E-state index in [0.29, 0.717) is 11.5 Å². The Morgan fingerprint density at radius 3 is 2.57 bits per heavy atom. The number of nitrogens with one attached hydrogen (secondary N) is 1. The first-order valence-corrected chi connectivity index (χ1v) is 5.23. The van der Waals surface area contributed by atoms with Gasteiger partial charge in [-0.25, -0.2) is 0 Å². The highest BCUT2D eigenvalue weighted by Gasteiger charge is 2.16. The van der Waals surface area contributed by atoms with Crippen molar-refractivity contribution in [3.8, 4) is 0 Å². The molecule has 0 fully saturated rings. The molecule has 0 aliphatic heterocycles. The van der Waals surface area contributed by atoms with Crippen molar-refractivity contribution in [1.82, 2.24) is 5.32 Å². The fourth-order valence-electron chi connectivity index (χ4n) is 1.50. The summed E-state index contributed by atoms with van der Waals surface area (Å²) in [6.45, 7) is 6.80. The number of hydrogen-bond donors (Lipinski definition) is 1. The molecule has 1 heterocycles. The van der Waals surface area contributed by atoms with Crippen LogP contribution in [0.1, 0.15) is 45.4 Å². The summed E-state index contributed by atoms with van der Waals surface area (Å²) in [6.07, 6.45) is 4.05. The van der Waals surface area contributed by atoms with E-state index in [4.69, 9.17) is 4.42 Å². The molecule has 0 amide bonds. The molecule has 1 unspecified atom stereocenters. The summed E-state index contributed by atoms with van der Waals surface area (Å²) in [5.74, 6) is 1.04. The van der Waals surface area contributed by atoms with Gasteiger partial charge < -0.3 is 9.73 Å². The maximum atomic E-state index is 5.39. The zero-order chi connectivity index (χ0) is 10.6. The van der Waals surface area contributed by atoms with Crippen LogP contribution in [0.25, 0.3) is 0 Å². The van der Waals surface area contributed by atoms with Crippen LogP contribution in [0, 0.1) is 5.41 Å². The smallest absolute Gasteiger partial charge is 0.120 e. The van der Waals surface area contributed by atoms with E-state index in [2.05, 4.69) is 26.1 Å². The van der Waals surface area contributed by atoms with Crippen LogP contribution >= 0.6 is 0 Å². The minimum Gasteiger partial charge on any atom is -0.468 e. The second-order valence-electron chi connectivity index (χ2n) is 4.96. The summed E-state index contributed by atoms with van der Waals surface area (Å²) < 4.78 is 5.39. The Kier molecular flexibility index (Phi) is 3.76. The van der Waals surface area contributed by atoms with Gasteiger partial charge in [-0.2, -0.15) is 0 Å². The number of rotatable bonds is 4. The normalized spacial score (nSPS) is 14.3. The lowest BCUT2D eigenvalue weighted by Crippen LogP contribution is -2.18. The predicted octanol–water partition coefficient (Wildman–Crippen LogP) is 3.37. The van der Waals surface area contributed by atoms with Gasteiger partial charge in [0.1, 0.15) is 5.76 Å². The molecule has 0 saturated carbocycles. The van der Waals surface area contributed by atoms with Gasteiger partial charge in [0.15, 0.2) is 0 Å². The Labute approximate surface area is 86.7 Å². The van der Waals surface area contributed by atoms with Crippen LogP contribution in [-0.2, 0) is 0 Å². The fraction of sp³-hybridized carbons (Fsp3) is 0.667. The van der Waals surface area contributed by atoms with Crippen LogP contribution in [0.5, 0.6) is 0 Å². The van der Waals surface area contributed by atoms with Gasteiger partial charge in [0.2, 0.25) is 0 Å². The second-order valence-corrected chi connectivity index (χ2v) is 4.96. The highest BCUT2D eigenvalue weighted by Crippen LogP contribution is 2.27. The maximum Gasteiger partial charge on any atom is 0.120 e. The summed E-state index contributed by atoms with van der Waals surface area (Å²) in [7, 11) is 1.98. The van der Waals surface area contributed by atoms with Gasteiger partial charge in [0.25, 0.3) is 0 Å². The molecule has 1 N–H and O–H groups in total. The molecule has 0 bridgehead atoms. The third-order valence-electron chi connectivity index (χ3n) is 2.42. The maximum absolute atomic E-state index is 5.39.